The standard InChI is InChI=1S/C17H22F3N7O/c1-9-13(23-16-22-10(2)14(15(21)24-16)17(18,19)20)6-27(25-9)11-3-4-26(5-11)12-7-28-8-12/h6,11-12H,3-5,7-8H2,1-2H3,(H3,21,22,23,24)/t11-/m0/s1. The predicted octanol–water partition coefficient (Wildman–Crippen LogP) is 2.28. The molecule has 2 fully saturated rings. The number of aryl methyl sites for hydroxylation is 2. The van der Waals surface area contributed by atoms with Crippen LogP contribution < -0.4 is 11.1 Å². The highest BCUT2D eigenvalue weighted by atomic mass is 19.4. The van der Waals surface area contributed by atoms with E-state index in [0.717, 1.165) is 32.7 Å². The van der Waals surface area contributed by atoms with Gasteiger partial charge >= 0.3 is 6.18 Å². The van der Waals surface area contributed by atoms with Crippen molar-refractivity contribution in [2.75, 3.05) is 37.4 Å². The lowest BCUT2D eigenvalue weighted by atomic mass is 10.2. The quantitative estimate of drug-likeness (QED) is 0.817. The van der Waals surface area contributed by atoms with Crippen molar-refractivity contribution in [2.45, 2.75) is 38.5 Å². The van der Waals surface area contributed by atoms with E-state index in [1.807, 2.05) is 17.8 Å². The number of alkyl halides is 3. The molecule has 0 amide bonds. The second-order valence-electron chi connectivity index (χ2n) is 7.25. The summed E-state index contributed by atoms with van der Waals surface area (Å²) in [6.07, 6.45) is -1.76. The molecule has 2 saturated heterocycles. The number of nitrogens with zero attached hydrogens (tertiary/aromatic N) is 5. The Hall–Kier alpha value is -2.40. The molecule has 2 aliphatic rings. The molecule has 2 aromatic rings. The molecule has 3 N–H and O–H groups in total. The van der Waals surface area contributed by atoms with Crippen molar-refractivity contribution in [1.29, 1.82) is 0 Å². The lowest BCUT2D eigenvalue weighted by Gasteiger charge is -2.34. The van der Waals surface area contributed by atoms with Crippen LogP contribution in [0.15, 0.2) is 6.20 Å². The zero-order valence-electron chi connectivity index (χ0n) is 15.6. The molecule has 8 nitrogen and oxygen atoms in total. The molecule has 0 radical (unpaired) electrons. The van der Waals surface area contributed by atoms with Gasteiger partial charge in [-0.1, -0.05) is 0 Å². The molecule has 0 aromatic carbocycles. The number of nitrogens with two attached hydrogens (primary N) is 1. The highest BCUT2D eigenvalue weighted by Gasteiger charge is 2.37. The minimum absolute atomic E-state index is 0.0188. The van der Waals surface area contributed by atoms with Crippen molar-refractivity contribution >= 4 is 17.5 Å². The Bertz CT molecular complexity index is 855. The van der Waals surface area contributed by atoms with E-state index in [1.54, 1.807) is 0 Å². The number of rotatable bonds is 4. The molecular weight excluding hydrogens is 375 g/mol. The molecule has 1 atom stereocenters. The summed E-state index contributed by atoms with van der Waals surface area (Å²) < 4.78 is 46.2. The summed E-state index contributed by atoms with van der Waals surface area (Å²) in [5.41, 5.74) is 5.65. The average Bonchev–Trinajstić information content (AvgIpc) is 3.11. The normalized spacial score (nSPS) is 21.1. The fourth-order valence-corrected chi connectivity index (χ4v) is 3.66. The Morgan fingerprint density at radius 3 is 2.54 bits per heavy atom. The number of hydrogen-bond donors (Lipinski definition) is 2. The molecule has 0 spiro atoms. The second-order valence-corrected chi connectivity index (χ2v) is 7.25. The molecule has 4 rings (SSSR count). The number of halogens is 3. The molecule has 28 heavy (non-hydrogen) atoms. The third-order valence-electron chi connectivity index (χ3n) is 5.27. The Kier molecular flexibility index (Phi) is 4.66. The van der Waals surface area contributed by atoms with Gasteiger partial charge in [0.2, 0.25) is 5.95 Å². The van der Waals surface area contributed by atoms with Crippen LogP contribution >= 0.6 is 0 Å². The van der Waals surface area contributed by atoms with E-state index in [-0.39, 0.29) is 17.7 Å². The molecule has 0 aliphatic carbocycles. The number of ether oxygens (including phenoxy) is 1. The van der Waals surface area contributed by atoms with Gasteiger partial charge in [0.15, 0.2) is 0 Å². The number of nitrogens with one attached hydrogen (secondary N) is 1. The van der Waals surface area contributed by atoms with Crippen LogP contribution in [0.5, 0.6) is 0 Å². The minimum Gasteiger partial charge on any atom is -0.383 e. The van der Waals surface area contributed by atoms with E-state index < -0.39 is 17.6 Å². The zero-order valence-corrected chi connectivity index (χ0v) is 15.6. The number of nitrogen functional groups attached to an aromatic ring is 1. The van der Waals surface area contributed by atoms with E-state index in [9.17, 15) is 13.2 Å². The van der Waals surface area contributed by atoms with Gasteiger partial charge in [0.05, 0.1) is 42.4 Å². The number of anilines is 3. The highest BCUT2D eigenvalue weighted by Crippen LogP contribution is 2.35. The molecule has 0 bridgehead atoms. The van der Waals surface area contributed by atoms with Crippen molar-refractivity contribution < 1.29 is 17.9 Å². The summed E-state index contributed by atoms with van der Waals surface area (Å²) in [5.74, 6) is -0.577. The summed E-state index contributed by atoms with van der Waals surface area (Å²) in [5, 5.41) is 7.50. The van der Waals surface area contributed by atoms with Gasteiger partial charge in [-0.3, -0.25) is 9.58 Å². The van der Waals surface area contributed by atoms with Gasteiger partial charge in [-0.05, 0) is 20.3 Å². The van der Waals surface area contributed by atoms with Crippen molar-refractivity contribution in [1.82, 2.24) is 24.6 Å². The molecule has 152 valence electrons. The van der Waals surface area contributed by atoms with E-state index in [2.05, 4.69) is 25.3 Å². The summed E-state index contributed by atoms with van der Waals surface area (Å²) in [4.78, 5) is 10.1. The van der Waals surface area contributed by atoms with Gasteiger partial charge in [0.1, 0.15) is 11.4 Å². The lowest BCUT2D eigenvalue weighted by Crippen LogP contribution is -2.47. The van der Waals surface area contributed by atoms with Crippen molar-refractivity contribution in [3.63, 3.8) is 0 Å². The second kappa shape index (κ2) is 6.89. The van der Waals surface area contributed by atoms with Crippen LogP contribution in [-0.4, -0.2) is 57.0 Å². The Balaban J connectivity index is 1.50. The van der Waals surface area contributed by atoms with E-state index in [4.69, 9.17) is 10.5 Å². The maximum absolute atomic E-state index is 13.0. The first-order chi connectivity index (χ1) is 13.2. The van der Waals surface area contributed by atoms with E-state index in [0.29, 0.717) is 17.4 Å². The smallest absolute Gasteiger partial charge is 0.383 e. The third kappa shape index (κ3) is 3.51. The number of hydrogen-bond acceptors (Lipinski definition) is 7. The fourth-order valence-electron chi connectivity index (χ4n) is 3.66. The SMILES string of the molecule is Cc1nn([C@H]2CCN(C3COC3)C2)cc1Nc1nc(C)c(C(F)(F)F)c(N)n1. The van der Waals surface area contributed by atoms with Crippen LogP contribution in [0.3, 0.4) is 0 Å². The van der Waals surface area contributed by atoms with Crippen LogP contribution in [0.4, 0.5) is 30.6 Å². The Morgan fingerprint density at radius 1 is 1.18 bits per heavy atom. The minimum atomic E-state index is -4.59. The maximum atomic E-state index is 13.0. The van der Waals surface area contributed by atoms with Gasteiger partial charge in [-0.2, -0.15) is 23.3 Å². The first kappa shape index (κ1) is 18.9. The van der Waals surface area contributed by atoms with Crippen molar-refractivity contribution in [3.05, 3.63) is 23.1 Å². The highest BCUT2D eigenvalue weighted by molar-refractivity contribution is 5.58. The first-order valence-electron chi connectivity index (χ1n) is 9.08. The number of aromatic nitrogens is 4. The Labute approximate surface area is 159 Å². The van der Waals surface area contributed by atoms with Crippen LogP contribution in [0.1, 0.15) is 29.4 Å². The van der Waals surface area contributed by atoms with Crippen LogP contribution in [0, 0.1) is 13.8 Å². The van der Waals surface area contributed by atoms with Gasteiger partial charge < -0.3 is 15.8 Å². The van der Waals surface area contributed by atoms with E-state index in [1.165, 1.54) is 6.92 Å². The van der Waals surface area contributed by atoms with Crippen molar-refractivity contribution in [3.8, 4) is 0 Å². The summed E-state index contributed by atoms with van der Waals surface area (Å²) in [6, 6.07) is 0.737. The molecule has 11 heteroatoms. The monoisotopic (exact) mass is 397 g/mol. The average molecular weight is 397 g/mol. The van der Waals surface area contributed by atoms with Crippen molar-refractivity contribution in [2.24, 2.45) is 0 Å². The Morgan fingerprint density at radius 2 is 1.93 bits per heavy atom. The number of likely N-dealkylation sites (tertiary alicyclic amines) is 1. The van der Waals surface area contributed by atoms with Gasteiger partial charge in [-0.25, -0.2) is 4.98 Å². The lowest BCUT2D eigenvalue weighted by molar-refractivity contribution is -0.137. The largest absolute Gasteiger partial charge is 0.421 e. The van der Waals surface area contributed by atoms with E-state index >= 15 is 0 Å². The summed E-state index contributed by atoms with van der Waals surface area (Å²) >= 11 is 0. The van der Waals surface area contributed by atoms with Crippen LogP contribution in [-0.2, 0) is 10.9 Å². The summed E-state index contributed by atoms with van der Waals surface area (Å²) in [6.45, 7) is 6.55. The third-order valence-corrected chi connectivity index (χ3v) is 5.27. The summed E-state index contributed by atoms with van der Waals surface area (Å²) in [7, 11) is 0. The van der Waals surface area contributed by atoms with Gasteiger partial charge in [-0.15, -0.1) is 0 Å². The predicted molar refractivity (Wildman–Crippen MR) is 96.3 cm³/mol. The molecule has 0 saturated carbocycles. The van der Waals surface area contributed by atoms with Gasteiger partial charge in [0, 0.05) is 19.3 Å². The molecule has 4 heterocycles. The maximum Gasteiger partial charge on any atom is 0.421 e. The molecule has 0 unspecified atom stereocenters. The van der Waals surface area contributed by atoms with Crippen LogP contribution in [0.25, 0.3) is 0 Å². The fraction of sp³-hybridized carbons (Fsp3) is 0.588. The van der Waals surface area contributed by atoms with Crippen LogP contribution in [0.2, 0.25) is 0 Å². The zero-order chi connectivity index (χ0) is 20.1. The molecule has 2 aromatic heterocycles. The molecular formula is C17H22F3N7O. The van der Waals surface area contributed by atoms with Gasteiger partial charge in [0.25, 0.3) is 0 Å². The topological polar surface area (TPSA) is 94.1 Å². The molecule has 2 aliphatic heterocycles. The first-order valence-corrected chi connectivity index (χ1v) is 9.08.